The third kappa shape index (κ3) is 3.37. The summed E-state index contributed by atoms with van der Waals surface area (Å²) in [4.78, 5) is 12.2. The zero-order chi connectivity index (χ0) is 13.1. The summed E-state index contributed by atoms with van der Waals surface area (Å²) < 4.78 is 0. The molecule has 1 heterocycles. The van der Waals surface area contributed by atoms with Gasteiger partial charge in [-0.25, -0.2) is 10.9 Å². The van der Waals surface area contributed by atoms with Crippen molar-refractivity contribution in [2.75, 3.05) is 0 Å². The molecule has 1 aromatic rings. The number of hydrazine groups is 1. The lowest BCUT2D eigenvalue weighted by atomic mass is 10.2. The molecule has 98 valence electrons. The molecule has 0 radical (unpaired) electrons. The topological polar surface area (TPSA) is 79.2 Å². The number of benzene rings is 1. The van der Waals surface area contributed by atoms with Crippen molar-refractivity contribution < 1.29 is 4.79 Å². The van der Waals surface area contributed by atoms with Crippen LogP contribution in [0.4, 0.5) is 0 Å². The standard InChI is InChI=1S/C11H15ClN4OS/c1-6(17)14-9-10(13)15-16-11(9)18-8-4-2-7(12)3-5-8/h2-5,9-11,15-16H,13H2,1H3,(H,14,17). The minimum Gasteiger partial charge on any atom is -0.348 e. The molecule has 1 aliphatic heterocycles. The van der Waals surface area contributed by atoms with E-state index in [0.717, 1.165) is 4.90 Å². The molecule has 0 aromatic heterocycles. The van der Waals surface area contributed by atoms with Crippen molar-refractivity contribution in [3.63, 3.8) is 0 Å². The Kier molecular flexibility index (Phi) is 4.47. The monoisotopic (exact) mass is 286 g/mol. The fourth-order valence-corrected chi connectivity index (χ4v) is 2.93. The second-order valence-electron chi connectivity index (χ2n) is 4.03. The van der Waals surface area contributed by atoms with Crippen molar-refractivity contribution in [2.45, 2.75) is 29.4 Å². The Morgan fingerprint density at radius 3 is 2.67 bits per heavy atom. The van der Waals surface area contributed by atoms with E-state index in [0.29, 0.717) is 5.02 Å². The molecule has 0 bridgehead atoms. The van der Waals surface area contributed by atoms with Gasteiger partial charge in [-0.15, -0.1) is 11.8 Å². The molecular formula is C11H15ClN4OS. The second kappa shape index (κ2) is 5.90. The van der Waals surface area contributed by atoms with E-state index in [2.05, 4.69) is 16.2 Å². The maximum absolute atomic E-state index is 11.1. The number of hydrogen-bond donors (Lipinski definition) is 4. The van der Waals surface area contributed by atoms with E-state index in [1.807, 2.05) is 24.3 Å². The normalized spacial score (nSPS) is 27.2. The van der Waals surface area contributed by atoms with Crippen LogP contribution in [0.5, 0.6) is 0 Å². The number of thioether (sulfide) groups is 1. The van der Waals surface area contributed by atoms with Crippen molar-refractivity contribution in [1.29, 1.82) is 0 Å². The fraction of sp³-hybridized carbons (Fsp3) is 0.364. The molecule has 3 atom stereocenters. The second-order valence-corrected chi connectivity index (χ2v) is 5.68. The molecule has 1 aliphatic rings. The predicted molar refractivity (Wildman–Crippen MR) is 72.9 cm³/mol. The lowest BCUT2D eigenvalue weighted by Gasteiger charge is -2.21. The molecule has 1 aromatic carbocycles. The van der Waals surface area contributed by atoms with Crippen LogP contribution in [0.3, 0.4) is 0 Å². The summed E-state index contributed by atoms with van der Waals surface area (Å²) in [7, 11) is 0. The SMILES string of the molecule is CC(=O)NC1C(N)NNC1Sc1ccc(Cl)cc1. The minimum atomic E-state index is -0.307. The van der Waals surface area contributed by atoms with Gasteiger partial charge in [-0.1, -0.05) is 11.6 Å². The van der Waals surface area contributed by atoms with Gasteiger partial charge in [-0.3, -0.25) is 4.79 Å². The lowest BCUT2D eigenvalue weighted by molar-refractivity contribution is -0.119. The van der Waals surface area contributed by atoms with Crippen molar-refractivity contribution in [1.82, 2.24) is 16.2 Å². The number of halogens is 1. The average Bonchev–Trinajstić information content (AvgIpc) is 2.64. The van der Waals surface area contributed by atoms with Gasteiger partial charge in [-0.2, -0.15) is 0 Å². The average molecular weight is 287 g/mol. The summed E-state index contributed by atoms with van der Waals surface area (Å²) in [6.07, 6.45) is -0.307. The molecule has 1 saturated heterocycles. The lowest BCUT2D eigenvalue weighted by Crippen LogP contribution is -2.50. The zero-order valence-corrected chi connectivity index (χ0v) is 11.4. The van der Waals surface area contributed by atoms with Gasteiger partial charge in [0, 0.05) is 16.8 Å². The molecular weight excluding hydrogens is 272 g/mol. The molecule has 1 amide bonds. The molecule has 5 N–H and O–H groups in total. The Bertz CT molecular complexity index is 428. The van der Waals surface area contributed by atoms with E-state index >= 15 is 0 Å². The minimum absolute atomic E-state index is 0.0231. The Balaban J connectivity index is 2.03. The van der Waals surface area contributed by atoms with Crippen LogP contribution in [0.25, 0.3) is 0 Å². The van der Waals surface area contributed by atoms with Gasteiger partial charge in [-0.05, 0) is 24.3 Å². The maximum Gasteiger partial charge on any atom is 0.217 e. The van der Waals surface area contributed by atoms with Gasteiger partial charge in [0.15, 0.2) is 0 Å². The van der Waals surface area contributed by atoms with Crippen LogP contribution in [0.1, 0.15) is 6.92 Å². The van der Waals surface area contributed by atoms with Crippen molar-refractivity contribution in [3.05, 3.63) is 29.3 Å². The van der Waals surface area contributed by atoms with Crippen molar-refractivity contribution >= 4 is 29.3 Å². The molecule has 2 rings (SSSR count). The highest BCUT2D eigenvalue weighted by atomic mass is 35.5. The van der Waals surface area contributed by atoms with Crippen molar-refractivity contribution in [2.24, 2.45) is 5.73 Å². The maximum atomic E-state index is 11.1. The summed E-state index contributed by atoms with van der Waals surface area (Å²) >= 11 is 7.42. The Hall–Kier alpha value is -0.790. The molecule has 0 spiro atoms. The third-order valence-electron chi connectivity index (χ3n) is 2.55. The van der Waals surface area contributed by atoms with Gasteiger partial charge < -0.3 is 11.1 Å². The smallest absolute Gasteiger partial charge is 0.217 e. The van der Waals surface area contributed by atoms with E-state index < -0.39 is 0 Å². The Labute approximate surface area is 115 Å². The molecule has 18 heavy (non-hydrogen) atoms. The predicted octanol–water partition coefficient (Wildman–Crippen LogP) is 0.655. The van der Waals surface area contributed by atoms with Crippen LogP contribution in [0.2, 0.25) is 5.02 Å². The van der Waals surface area contributed by atoms with E-state index in [4.69, 9.17) is 17.3 Å². The van der Waals surface area contributed by atoms with Gasteiger partial charge >= 0.3 is 0 Å². The number of nitrogens with two attached hydrogens (primary N) is 1. The molecule has 0 aliphatic carbocycles. The molecule has 7 heteroatoms. The molecule has 5 nitrogen and oxygen atoms in total. The summed E-state index contributed by atoms with van der Waals surface area (Å²) in [6.45, 7) is 1.48. The van der Waals surface area contributed by atoms with E-state index in [1.165, 1.54) is 6.92 Å². The summed E-state index contributed by atoms with van der Waals surface area (Å²) in [5, 5.41) is 3.52. The summed E-state index contributed by atoms with van der Waals surface area (Å²) in [5.74, 6) is -0.0948. The fourth-order valence-electron chi connectivity index (χ4n) is 1.71. The van der Waals surface area contributed by atoms with Gasteiger partial charge in [0.1, 0.15) is 0 Å². The highest BCUT2D eigenvalue weighted by Gasteiger charge is 2.34. The first kappa shape index (κ1) is 13.6. The van der Waals surface area contributed by atoms with Gasteiger partial charge in [0.2, 0.25) is 5.91 Å². The van der Waals surface area contributed by atoms with Crippen LogP contribution < -0.4 is 21.9 Å². The number of rotatable bonds is 3. The number of nitrogens with one attached hydrogen (secondary N) is 3. The largest absolute Gasteiger partial charge is 0.348 e. The first-order valence-corrected chi connectivity index (χ1v) is 6.78. The van der Waals surface area contributed by atoms with Crippen LogP contribution in [0, 0.1) is 0 Å². The van der Waals surface area contributed by atoms with E-state index in [9.17, 15) is 4.79 Å². The Morgan fingerprint density at radius 1 is 1.39 bits per heavy atom. The van der Waals surface area contributed by atoms with Crippen molar-refractivity contribution in [3.8, 4) is 0 Å². The first-order chi connectivity index (χ1) is 8.56. The zero-order valence-electron chi connectivity index (χ0n) is 9.81. The van der Waals surface area contributed by atoms with Crippen LogP contribution in [-0.2, 0) is 4.79 Å². The highest BCUT2D eigenvalue weighted by molar-refractivity contribution is 8.00. The first-order valence-electron chi connectivity index (χ1n) is 5.52. The van der Waals surface area contributed by atoms with Gasteiger partial charge in [0.25, 0.3) is 0 Å². The molecule has 1 fully saturated rings. The summed E-state index contributed by atoms with van der Waals surface area (Å²) in [6, 6.07) is 7.37. The molecule has 3 unspecified atom stereocenters. The number of carbonyl (C=O) groups is 1. The number of hydrogen-bond acceptors (Lipinski definition) is 5. The van der Waals surface area contributed by atoms with Gasteiger partial charge in [0.05, 0.1) is 17.6 Å². The number of amides is 1. The van der Waals surface area contributed by atoms with E-state index in [-0.39, 0.29) is 23.5 Å². The van der Waals surface area contributed by atoms with E-state index in [1.54, 1.807) is 11.8 Å². The molecule has 0 saturated carbocycles. The van der Waals surface area contributed by atoms with Crippen LogP contribution in [-0.4, -0.2) is 23.5 Å². The quantitative estimate of drug-likeness (QED) is 0.656. The highest BCUT2D eigenvalue weighted by Crippen LogP contribution is 2.27. The third-order valence-corrected chi connectivity index (χ3v) is 4.01. The van der Waals surface area contributed by atoms with Crippen LogP contribution in [0.15, 0.2) is 29.2 Å². The summed E-state index contributed by atoms with van der Waals surface area (Å²) in [5.41, 5.74) is 11.9. The Morgan fingerprint density at radius 2 is 2.06 bits per heavy atom. The number of carbonyl (C=O) groups excluding carboxylic acids is 1. The van der Waals surface area contributed by atoms with Crippen LogP contribution >= 0.6 is 23.4 Å².